The summed E-state index contributed by atoms with van der Waals surface area (Å²) in [5.74, 6) is 0.793. The second kappa shape index (κ2) is 10.5. The van der Waals surface area contributed by atoms with Crippen LogP contribution in [0.4, 0.5) is 0 Å². The SMILES string of the molecule is C=CCNC(=O)CN1CCN(Cc2nc3c(c(=O)[nH]c(=O)n3CCCC)n2CC)CC1. The molecule has 3 rings (SSSR count). The van der Waals surface area contributed by atoms with E-state index in [1.54, 1.807) is 10.6 Å². The number of rotatable bonds is 10. The van der Waals surface area contributed by atoms with E-state index >= 15 is 0 Å². The van der Waals surface area contributed by atoms with Gasteiger partial charge in [0.1, 0.15) is 5.82 Å². The summed E-state index contributed by atoms with van der Waals surface area (Å²) in [6, 6.07) is 0. The molecule has 10 nitrogen and oxygen atoms in total. The fourth-order valence-corrected chi connectivity index (χ4v) is 3.95. The van der Waals surface area contributed by atoms with Gasteiger partial charge in [0.2, 0.25) is 5.91 Å². The van der Waals surface area contributed by atoms with Crippen LogP contribution in [0.25, 0.3) is 11.2 Å². The maximum atomic E-state index is 12.5. The first-order valence-electron chi connectivity index (χ1n) is 11.0. The molecule has 0 saturated carbocycles. The molecule has 1 aliphatic heterocycles. The summed E-state index contributed by atoms with van der Waals surface area (Å²) in [5.41, 5.74) is 0.146. The molecule has 0 spiro atoms. The summed E-state index contributed by atoms with van der Waals surface area (Å²) >= 11 is 0. The lowest BCUT2D eigenvalue weighted by Gasteiger charge is -2.34. The van der Waals surface area contributed by atoms with E-state index in [-0.39, 0.29) is 11.5 Å². The molecule has 0 unspecified atom stereocenters. The Hall–Kier alpha value is -2.72. The maximum absolute atomic E-state index is 12.5. The van der Waals surface area contributed by atoms with E-state index in [9.17, 15) is 14.4 Å². The number of piperazine rings is 1. The Morgan fingerprint density at radius 2 is 1.87 bits per heavy atom. The van der Waals surface area contributed by atoms with Crippen molar-refractivity contribution in [1.82, 2.24) is 34.2 Å². The number of unbranched alkanes of at least 4 members (excludes halogenated alkanes) is 1. The van der Waals surface area contributed by atoms with Crippen LogP contribution in [0.5, 0.6) is 0 Å². The molecule has 170 valence electrons. The molecule has 3 heterocycles. The topological polar surface area (TPSA) is 108 Å². The molecule has 1 saturated heterocycles. The van der Waals surface area contributed by atoms with E-state index in [0.717, 1.165) is 44.8 Å². The highest BCUT2D eigenvalue weighted by Crippen LogP contribution is 2.15. The number of amides is 1. The lowest BCUT2D eigenvalue weighted by Crippen LogP contribution is -2.49. The van der Waals surface area contributed by atoms with Crippen LogP contribution >= 0.6 is 0 Å². The van der Waals surface area contributed by atoms with Crippen LogP contribution in [-0.4, -0.2) is 74.1 Å². The van der Waals surface area contributed by atoms with Crippen LogP contribution in [0.3, 0.4) is 0 Å². The van der Waals surface area contributed by atoms with Crippen molar-refractivity contribution in [1.29, 1.82) is 0 Å². The number of H-pyrrole nitrogens is 1. The number of hydrogen-bond donors (Lipinski definition) is 2. The van der Waals surface area contributed by atoms with Crippen molar-refractivity contribution >= 4 is 17.1 Å². The molecular formula is C21H33N7O3. The molecule has 0 bridgehead atoms. The van der Waals surface area contributed by atoms with E-state index in [0.29, 0.717) is 43.9 Å². The van der Waals surface area contributed by atoms with E-state index in [2.05, 4.69) is 33.6 Å². The summed E-state index contributed by atoms with van der Waals surface area (Å²) in [4.78, 5) is 48.4. The van der Waals surface area contributed by atoms with Crippen LogP contribution in [0.15, 0.2) is 22.2 Å². The van der Waals surface area contributed by atoms with Crippen LogP contribution in [0.1, 0.15) is 32.5 Å². The molecule has 1 amide bonds. The maximum Gasteiger partial charge on any atom is 0.330 e. The molecule has 2 aromatic rings. The molecule has 0 aliphatic carbocycles. The Labute approximate surface area is 181 Å². The zero-order chi connectivity index (χ0) is 22.4. The lowest BCUT2D eigenvalue weighted by atomic mass is 10.3. The van der Waals surface area contributed by atoms with Crippen LogP contribution in [-0.2, 0) is 24.4 Å². The van der Waals surface area contributed by atoms with Crippen molar-refractivity contribution in [3.05, 3.63) is 39.3 Å². The average Bonchev–Trinajstić information content (AvgIpc) is 3.12. The first-order chi connectivity index (χ1) is 15.0. The number of carbonyl (C=O) groups is 1. The standard InChI is InChI=1S/C21H33N7O3/c1-4-7-9-28-19-18(20(30)24-21(28)31)27(6-3)16(23-19)14-25-10-12-26(13-11-25)15-17(29)22-8-5-2/h5H,2,4,6-15H2,1,3H3,(H,22,29)(H,24,30,31). The monoisotopic (exact) mass is 431 g/mol. The van der Waals surface area contributed by atoms with Gasteiger partial charge in [-0.05, 0) is 13.3 Å². The number of fused-ring (bicyclic) bond motifs is 1. The highest BCUT2D eigenvalue weighted by Gasteiger charge is 2.23. The predicted molar refractivity (Wildman–Crippen MR) is 120 cm³/mol. The van der Waals surface area contributed by atoms with Gasteiger partial charge in [-0.15, -0.1) is 6.58 Å². The summed E-state index contributed by atoms with van der Waals surface area (Å²) in [6.45, 7) is 13.4. The van der Waals surface area contributed by atoms with Crippen molar-refractivity contribution in [3.8, 4) is 0 Å². The average molecular weight is 432 g/mol. The zero-order valence-electron chi connectivity index (χ0n) is 18.5. The Morgan fingerprint density at radius 1 is 1.16 bits per heavy atom. The highest BCUT2D eigenvalue weighted by molar-refractivity contribution is 5.78. The molecule has 2 N–H and O–H groups in total. The Morgan fingerprint density at radius 3 is 2.52 bits per heavy atom. The minimum atomic E-state index is -0.401. The van der Waals surface area contributed by atoms with Gasteiger partial charge in [-0.1, -0.05) is 19.4 Å². The molecule has 1 aliphatic rings. The van der Waals surface area contributed by atoms with Crippen LogP contribution in [0.2, 0.25) is 0 Å². The number of nitrogens with zero attached hydrogens (tertiary/aromatic N) is 5. The normalized spacial score (nSPS) is 15.4. The smallest absolute Gasteiger partial charge is 0.330 e. The van der Waals surface area contributed by atoms with Crippen molar-refractivity contribution in [2.45, 2.75) is 46.3 Å². The third kappa shape index (κ3) is 5.31. The number of hydrogen-bond acceptors (Lipinski definition) is 6. The first kappa shape index (κ1) is 23.0. The fourth-order valence-electron chi connectivity index (χ4n) is 3.95. The summed E-state index contributed by atoms with van der Waals surface area (Å²) in [5, 5.41) is 2.80. The third-order valence-electron chi connectivity index (χ3n) is 5.66. The quantitative estimate of drug-likeness (QED) is 0.518. The number of carbonyl (C=O) groups excluding carboxylic acids is 1. The van der Waals surface area contributed by atoms with Gasteiger partial charge < -0.3 is 9.88 Å². The molecule has 10 heteroatoms. The number of nitrogens with one attached hydrogen (secondary N) is 2. The van der Waals surface area contributed by atoms with Gasteiger partial charge in [0.25, 0.3) is 5.56 Å². The van der Waals surface area contributed by atoms with E-state index in [1.807, 2.05) is 11.5 Å². The highest BCUT2D eigenvalue weighted by atomic mass is 16.2. The minimum Gasteiger partial charge on any atom is -0.352 e. The van der Waals surface area contributed by atoms with Gasteiger partial charge in [-0.3, -0.25) is 28.9 Å². The minimum absolute atomic E-state index is 0.00500. The molecule has 2 aromatic heterocycles. The molecule has 0 radical (unpaired) electrons. The van der Waals surface area contributed by atoms with E-state index in [4.69, 9.17) is 4.98 Å². The third-order valence-corrected chi connectivity index (χ3v) is 5.66. The molecule has 1 fully saturated rings. The fraction of sp³-hybridized carbons (Fsp3) is 0.619. The van der Waals surface area contributed by atoms with Crippen molar-refractivity contribution in [3.63, 3.8) is 0 Å². The van der Waals surface area contributed by atoms with Gasteiger partial charge in [-0.2, -0.15) is 0 Å². The molecule has 0 aromatic carbocycles. The summed E-state index contributed by atoms with van der Waals surface area (Å²) in [6.07, 6.45) is 3.46. The molecule has 0 atom stereocenters. The number of aryl methyl sites for hydroxylation is 2. The van der Waals surface area contributed by atoms with Crippen molar-refractivity contribution in [2.24, 2.45) is 0 Å². The van der Waals surface area contributed by atoms with Gasteiger partial charge in [-0.25, -0.2) is 9.78 Å². The van der Waals surface area contributed by atoms with Gasteiger partial charge in [0.15, 0.2) is 11.2 Å². The van der Waals surface area contributed by atoms with E-state index < -0.39 is 5.69 Å². The second-order valence-electron chi connectivity index (χ2n) is 7.85. The Kier molecular flexibility index (Phi) is 7.80. The summed E-state index contributed by atoms with van der Waals surface area (Å²) in [7, 11) is 0. The van der Waals surface area contributed by atoms with Gasteiger partial charge in [0, 0.05) is 45.8 Å². The Bertz CT molecular complexity index is 1030. The second-order valence-corrected chi connectivity index (χ2v) is 7.85. The predicted octanol–water partition coefficient (Wildman–Crippen LogP) is 0.126. The van der Waals surface area contributed by atoms with E-state index in [1.165, 1.54) is 0 Å². The first-order valence-corrected chi connectivity index (χ1v) is 11.0. The van der Waals surface area contributed by atoms with Crippen LogP contribution in [0, 0.1) is 0 Å². The lowest BCUT2D eigenvalue weighted by molar-refractivity contribution is -0.122. The Balaban J connectivity index is 1.74. The summed E-state index contributed by atoms with van der Waals surface area (Å²) < 4.78 is 3.49. The number of imidazole rings is 1. The molecular weight excluding hydrogens is 398 g/mol. The number of aromatic nitrogens is 4. The van der Waals surface area contributed by atoms with Crippen LogP contribution < -0.4 is 16.6 Å². The van der Waals surface area contributed by atoms with Gasteiger partial charge in [0.05, 0.1) is 13.1 Å². The number of aromatic amines is 1. The zero-order valence-corrected chi connectivity index (χ0v) is 18.5. The largest absolute Gasteiger partial charge is 0.352 e. The molecule has 31 heavy (non-hydrogen) atoms. The van der Waals surface area contributed by atoms with Crippen molar-refractivity contribution in [2.75, 3.05) is 39.3 Å². The van der Waals surface area contributed by atoms with Crippen molar-refractivity contribution < 1.29 is 4.79 Å². The van der Waals surface area contributed by atoms with Gasteiger partial charge >= 0.3 is 5.69 Å².